The molecular formula is C20H22N6O2. The van der Waals surface area contributed by atoms with Crippen molar-refractivity contribution in [3.63, 3.8) is 0 Å². The van der Waals surface area contributed by atoms with Crippen molar-refractivity contribution in [3.05, 3.63) is 70.4 Å². The van der Waals surface area contributed by atoms with Crippen molar-refractivity contribution in [1.82, 2.24) is 25.1 Å². The van der Waals surface area contributed by atoms with Gasteiger partial charge in [-0.05, 0) is 24.6 Å². The van der Waals surface area contributed by atoms with Gasteiger partial charge in [0.1, 0.15) is 12.9 Å². The zero-order valence-electron chi connectivity index (χ0n) is 15.7. The van der Waals surface area contributed by atoms with Gasteiger partial charge >= 0.3 is 0 Å². The van der Waals surface area contributed by atoms with Crippen LogP contribution in [0.2, 0.25) is 0 Å². The number of nitrogens with two attached hydrogens (primary N) is 1. The highest BCUT2D eigenvalue weighted by Crippen LogP contribution is 2.22. The third-order valence-electron chi connectivity index (χ3n) is 4.88. The maximum atomic E-state index is 13.0. The van der Waals surface area contributed by atoms with Crippen molar-refractivity contribution in [2.45, 2.75) is 33.0 Å². The summed E-state index contributed by atoms with van der Waals surface area (Å²) in [4.78, 5) is 23.0. The molecule has 1 aliphatic rings. The van der Waals surface area contributed by atoms with Crippen LogP contribution in [0.4, 0.5) is 0 Å². The average Bonchev–Trinajstić information content (AvgIpc) is 3.12. The quantitative estimate of drug-likeness (QED) is 0.700. The number of aromatic nitrogens is 4. The van der Waals surface area contributed by atoms with Crippen molar-refractivity contribution < 1.29 is 9.53 Å². The van der Waals surface area contributed by atoms with Gasteiger partial charge in [-0.2, -0.15) is 5.10 Å². The zero-order valence-corrected chi connectivity index (χ0v) is 15.7. The van der Waals surface area contributed by atoms with Crippen molar-refractivity contribution in [3.8, 4) is 5.88 Å². The lowest BCUT2D eigenvalue weighted by atomic mass is 10.0. The molecule has 0 saturated heterocycles. The Labute approximate surface area is 162 Å². The molecule has 0 spiro atoms. The van der Waals surface area contributed by atoms with Crippen molar-refractivity contribution in [1.29, 1.82) is 0 Å². The van der Waals surface area contributed by atoms with E-state index >= 15 is 0 Å². The van der Waals surface area contributed by atoms with Gasteiger partial charge < -0.3 is 15.4 Å². The summed E-state index contributed by atoms with van der Waals surface area (Å²) in [5.74, 6) is 0.478. The smallest absolute Gasteiger partial charge is 0.254 e. The Morgan fingerprint density at radius 1 is 1.32 bits per heavy atom. The van der Waals surface area contributed by atoms with E-state index in [4.69, 9.17) is 10.5 Å². The Kier molecular flexibility index (Phi) is 5.03. The monoisotopic (exact) mass is 378 g/mol. The van der Waals surface area contributed by atoms with E-state index in [1.165, 1.54) is 6.33 Å². The third-order valence-corrected chi connectivity index (χ3v) is 4.88. The van der Waals surface area contributed by atoms with Crippen LogP contribution in [0.3, 0.4) is 0 Å². The minimum atomic E-state index is 0.0144. The highest BCUT2D eigenvalue weighted by molar-refractivity contribution is 5.94. The Balaban J connectivity index is 1.44. The van der Waals surface area contributed by atoms with Crippen molar-refractivity contribution in [2.24, 2.45) is 5.73 Å². The summed E-state index contributed by atoms with van der Waals surface area (Å²) in [6.45, 7) is 3.88. The first kappa shape index (κ1) is 18.1. The predicted molar refractivity (Wildman–Crippen MR) is 102 cm³/mol. The standard InChI is InChI=1S/C20H22N6O2/c1-13-17-10-26(6-5-18(17)25-24-13)20(27)15-4-2-3-14(7-15)11-28-19-8-16(9-21)22-12-23-19/h2-4,7-8,12H,5-6,9-11,21H2,1H3,(H,24,25). The first-order chi connectivity index (χ1) is 13.6. The van der Waals surface area contributed by atoms with Gasteiger partial charge in [0.15, 0.2) is 0 Å². The predicted octanol–water partition coefficient (Wildman–Crippen LogP) is 1.74. The fourth-order valence-corrected chi connectivity index (χ4v) is 3.31. The first-order valence-corrected chi connectivity index (χ1v) is 9.18. The molecule has 0 aliphatic carbocycles. The largest absolute Gasteiger partial charge is 0.473 e. The molecule has 4 rings (SSSR count). The number of carbonyl (C=O) groups is 1. The van der Waals surface area contributed by atoms with Crippen LogP contribution in [-0.2, 0) is 26.1 Å². The molecule has 3 aromatic rings. The Morgan fingerprint density at radius 3 is 3.07 bits per heavy atom. The molecule has 8 nitrogen and oxygen atoms in total. The Morgan fingerprint density at radius 2 is 2.21 bits per heavy atom. The van der Waals surface area contributed by atoms with Crippen LogP contribution in [0.5, 0.6) is 5.88 Å². The Bertz CT molecular complexity index is 1000. The van der Waals surface area contributed by atoms with E-state index in [0.717, 1.165) is 28.9 Å². The van der Waals surface area contributed by atoms with Crippen LogP contribution in [0.25, 0.3) is 0 Å². The summed E-state index contributed by atoms with van der Waals surface area (Å²) in [5.41, 5.74) is 11.1. The molecule has 144 valence electrons. The molecule has 3 N–H and O–H groups in total. The molecule has 0 saturated carbocycles. The lowest BCUT2D eigenvalue weighted by molar-refractivity contribution is 0.0734. The number of carbonyl (C=O) groups excluding carboxylic acids is 1. The Hall–Kier alpha value is -3.26. The molecule has 0 unspecified atom stereocenters. The topological polar surface area (TPSA) is 110 Å². The lowest BCUT2D eigenvalue weighted by Crippen LogP contribution is -2.36. The lowest BCUT2D eigenvalue weighted by Gasteiger charge is -2.27. The van der Waals surface area contributed by atoms with Gasteiger partial charge in [0, 0.05) is 48.9 Å². The molecule has 1 aliphatic heterocycles. The number of amides is 1. The summed E-state index contributed by atoms with van der Waals surface area (Å²) >= 11 is 0. The molecule has 0 atom stereocenters. The fourth-order valence-electron chi connectivity index (χ4n) is 3.31. The van der Waals surface area contributed by atoms with Crippen molar-refractivity contribution in [2.75, 3.05) is 6.54 Å². The second-order valence-corrected chi connectivity index (χ2v) is 6.79. The number of aromatic amines is 1. The first-order valence-electron chi connectivity index (χ1n) is 9.18. The maximum Gasteiger partial charge on any atom is 0.254 e. The molecule has 3 heterocycles. The van der Waals surface area contributed by atoms with E-state index in [-0.39, 0.29) is 5.91 Å². The summed E-state index contributed by atoms with van der Waals surface area (Å²) in [6, 6.07) is 9.21. The van der Waals surface area contributed by atoms with E-state index in [1.807, 2.05) is 36.1 Å². The maximum absolute atomic E-state index is 13.0. The number of rotatable bonds is 5. The molecule has 0 radical (unpaired) electrons. The molecular weight excluding hydrogens is 356 g/mol. The number of ether oxygens (including phenoxy) is 1. The van der Waals surface area contributed by atoms with Crippen LogP contribution in [0, 0.1) is 6.92 Å². The minimum Gasteiger partial charge on any atom is -0.473 e. The van der Waals surface area contributed by atoms with Crippen LogP contribution >= 0.6 is 0 Å². The second-order valence-electron chi connectivity index (χ2n) is 6.79. The molecule has 1 amide bonds. The van der Waals surface area contributed by atoms with E-state index in [0.29, 0.717) is 43.4 Å². The van der Waals surface area contributed by atoms with Gasteiger partial charge in [0.2, 0.25) is 5.88 Å². The van der Waals surface area contributed by atoms with Crippen LogP contribution < -0.4 is 10.5 Å². The summed E-state index contributed by atoms with van der Waals surface area (Å²) in [7, 11) is 0. The van der Waals surface area contributed by atoms with Crippen LogP contribution in [-0.4, -0.2) is 37.5 Å². The summed E-state index contributed by atoms with van der Waals surface area (Å²) in [6.07, 6.45) is 2.20. The molecule has 28 heavy (non-hydrogen) atoms. The molecule has 1 aromatic carbocycles. The number of nitrogens with zero attached hydrogens (tertiary/aromatic N) is 4. The number of nitrogens with one attached hydrogen (secondary N) is 1. The van der Waals surface area contributed by atoms with Gasteiger partial charge in [0.05, 0.1) is 11.4 Å². The zero-order chi connectivity index (χ0) is 19.5. The van der Waals surface area contributed by atoms with E-state index in [9.17, 15) is 4.79 Å². The van der Waals surface area contributed by atoms with Crippen LogP contribution in [0.15, 0.2) is 36.7 Å². The summed E-state index contributed by atoms with van der Waals surface area (Å²) in [5, 5.41) is 7.31. The normalized spacial score (nSPS) is 13.3. The number of fused-ring (bicyclic) bond motifs is 1. The summed E-state index contributed by atoms with van der Waals surface area (Å²) < 4.78 is 5.72. The minimum absolute atomic E-state index is 0.0144. The van der Waals surface area contributed by atoms with E-state index in [2.05, 4.69) is 20.2 Å². The fraction of sp³-hybridized carbons (Fsp3) is 0.300. The number of hydrogen-bond acceptors (Lipinski definition) is 6. The molecule has 0 bridgehead atoms. The van der Waals surface area contributed by atoms with Crippen LogP contribution in [0.1, 0.15) is 38.6 Å². The van der Waals surface area contributed by atoms with Crippen molar-refractivity contribution >= 4 is 5.91 Å². The second kappa shape index (κ2) is 7.77. The molecule has 8 heteroatoms. The van der Waals surface area contributed by atoms with E-state index in [1.54, 1.807) is 6.07 Å². The van der Waals surface area contributed by atoms with Gasteiger partial charge in [-0.15, -0.1) is 0 Å². The molecule has 2 aromatic heterocycles. The number of benzene rings is 1. The molecule has 0 fully saturated rings. The van der Waals surface area contributed by atoms with Gasteiger partial charge in [-0.25, -0.2) is 9.97 Å². The number of H-pyrrole nitrogens is 1. The highest BCUT2D eigenvalue weighted by atomic mass is 16.5. The van der Waals surface area contributed by atoms with Gasteiger partial charge in [-0.3, -0.25) is 9.89 Å². The number of hydrogen-bond donors (Lipinski definition) is 2. The van der Waals surface area contributed by atoms with E-state index < -0.39 is 0 Å². The average molecular weight is 378 g/mol. The SMILES string of the molecule is Cc1[nH]nc2c1CN(C(=O)c1cccc(COc3cc(CN)ncn3)c1)CC2. The van der Waals surface area contributed by atoms with Gasteiger partial charge in [0.25, 0.3) is 5.91 Å². The van der Waals surface area contributed by atoms with Gasteiger partial charge in [-0.1, -0.05) is 12.1 Å². The number of aryl methyl sites for hydroxylation is 1. The highest BCUT2D eigenvalue weighted by Gasteiger charge is 2.24. The third kappa shape index (κ3) is 3.72.